The minimum Gasteiger partial charge on any atom is -0.320 e. The summed E-state index contributed by atoms with van der Waals surface area (Å²) in [5, 5.41) is 1.85. The van der Waals surface area contributed by atoms with E-state index in [4.69, 9.17) is 11.6 Å². The molecule has 0 aliphatic rings. The lowest BCUT2D eigenvalue weighted by Crippen LogP contribution is -2.22. The zero-order valence-electron chi connectivity index (χ0n) is 16.1. The van der Waals surface area contributed by atoms with Crippen LogP contribution in [0.5, 0.6) is 0 Å². The molecule has 1 aromatic heterocycles. The van der Waals surface area contributed by atoms with Crippen LogP contribution < -0.4 is 4.80 Å². The van der Waals surface area contributed by atoms with Gasteiger partial charge in [0.2, 0.25) is 10.0 Å². The lowest BCUT2D eigenvalue weighted by Gasteiger charge is -2.14. The molecule has 0 bridgehead atoms. The van der Waals surface area contributed by atoms with Crippen molar-refractivity contribution in [2.75, 3.05) is 14.1 Å². The molecule has 0 atom stereocenters. The van der Waals surface area contributed by atoms with Gasteiger partial charge in [-0.2, -0.15) is 13.2 Å². The number of sulfonamides is 1. The molecule has 0 saturated carbocycles. The van der Waals surface area contributed by atoms with Crippen LogP contribution in [-0.2, 0) is 23.2 Å². The van der Waals surface area contributed by atoms with E-state index in [1.807, 2.05) is 0 Å². The van der Waals surface area contributed by atoms with Gasteiger partial charge in [0, 0.05) is 32.1 Å². The molecule has 2 aromatic carbocycles. The molecular formula is C19H17ClF3N3O2S2. The summed E-state index contributed by atoms with van der Waals surface area (Å²) in [5.41, 5.74) is 0.627. The molecular weight excluding hydrogens is 459 g/mol. The van der Waals surface area contributed by atoms with Crippen molar-refractivity contribution >= 4 is 38.6 Å². The van der Waals surface area contributed by atoms with Gasteiger partial charge >= 0.3 is 6.18 Å². The number of rotatable bonds is 4. The number of alkyl halides is 3. The average molecular weight is 476 g/mol. The number of benzene rings is 2. The van der Waals surface area contributed by atoms with E-state index >= 15 is 0 Å². The zero-order chi connectivity index (χ0) is 22.3. The van der Waals surface area contributed by atoms with E-state index < -0.39 is 21.8 Å². The lowest BCUT2D eigenvalue weighted by molar-refractivity contribution is -0.137. The van der Waals surface area contributed by atoms with Gasteiger partial charge in [0.1, 0.15) is 4.90 Å². The first kappa shape index (κ1) is 22.5. The molecule has 0 aliphatic carbocycles. The van der Waals surface area contributed by atoms with Gasteiger partial charge in [-0.15, -0.1) is 11.3 Å². The van der Waals surface area contributed by atoms with Crippen LogP contribution >= 0.6 is 22.9 Å². The molecule has 0 aliphatic heterocycles. The smallest absolute Gasteiger partial charge is 0.320 e. The van der Waals surface area contributed by atoms with Crippen LogP contribution in [0.2, 0.25) is 5.02 Å². The third-order valence-electron chi connectivity index (χ3n) is 4.31. The normalized spacial score (nSPS) is 13.3. The number of aromatic nitrogens is 1. The first-order valence-corrected chi connectivity index (χ1v) is 11.2. The Hall–Kier alpha value is -2.14. The van der Waals surface area contributed by atoms with Gasteiger partial charge in [-0.3, -0.25) is 0 Å². The van der Waals surface area contributed by atoms with Gasteiger partial charge < -0.3 is 4.57 Å². The molecule has 0 N–H and O–H groups in total. The van der Waals surface area contributed by atoms with E-state index in [9.17, 15) is 21.6 Å². The van der Waals surface area contributed by atoms with Gasteiger partial charge in [0.15, 0.2) is 4.80 Å². The van der Waals surface area contributed by atoms with E-state index in [2.05, 4.69) is 4.99 Å². The molecule has 30 heavy (non-hydrogen) atoms. The standard InChI is InChI=1S/C19H17ClF3N3O2S2/c1-25(2)30(27,28)17-9-12(7-8-15(17)20)16-11-29-18(26(16)3)24-14-6-4-5-13(10-14)19(21,22)23/h4-11H,1-3H3. The van der Waals surface area contributed by atoms with Crippen molar-refractivity contribution in [2.24, 2.45) is 12.0 Å². The SMILES string of the molecule is CN(C)S(=O)(=O)c1cc(-c2csc(=Nc3cccc(C(F)(F)F)c3)n2C)ccc1Cl. The Morgan fingerprint density at radius 2 is 1.83 bits per heavy atom. The van der Waals surface area contributed by atoms with Gasteiger partial charge in [0.05, 0.1) is 22.0 Å². The Labute approximate surface area is 180 Å². The maximum atomic E-state index is 12.9. The van der Waals surface area contributed by atoms with Crippen molar-refractivity contribution in [3.8, 4) is 11.3 Å². The van der Waals surface area contributed by atoms with Crippen LogP contribution in [0.4, 0.5) is 18.9 Å². The second-order valence-corrected chi connectivity index (χ2v) is 9.92. The Bertz CT molecular complexity index is 1260. The third kappa shape index (κ3) is 4.46. The highest BCUT2D eigenvalue weighted by Gasteiger charge is 2.30. The quantitative estimate of drug-likeness (QED) is 0.538. The van der Waals surface area contributed by atoms with E-state index in [0.717, 1.165) is 16.4 Å². The molecule has 1 heterocycles. The summed E-state index contributed by atoms with van der Waals surface area (Å²) in [4.78, 5) is 4.73. The number of nitrogens with zero attached hydrogens (tertiary/aromatic N) is 3. The van der Waals surface area contributed by atoms with Crippen LogP contribution in [0.15, 0.2) is 57.7 Å². The highest BCUT2D eigenvalue weighted by atomic mass is 35.5. The van der Waals surface area contributed by atoms with Crippen LogP contribution in [0.1, 0.15) is 5.56 Å². The molecule has 0 unspecified atom stereocenters. The summed E-state index contributed by atoms with van der Waals surface area (Å²) in [7, 11) is 0.779. The number of halogens is 4. The summed E-state index contributed by atoms with van der Waals surface area (Å²) in [5.74, 6) is 0. The maximum Gasteiger partial charge on any atom is 0.416 e. The Morgan fingerprint density at radius 3 is 2.47 bits per heavy atom. The van der Waals surface area contributed by atoms with Crippen molar-refractivity contribution < 1.29 is 21.6 Å². The molecule has 5 nitrogen and oxygen atoms in total. The second kappa shape index (κ2) is 8.18. The fraction of sp³-hybridized carbons (Fsp3) is 0.211. The van der Waals surface area contributed by atoms with Crippen LogP contribution in [0.25, 0.3) is 11.3 Å². The van der Waals surface area contributed by atoms with Gasteiger partial charge in [-0.05, 0) is 30.3 Å². The molecule has 0 spiro atoms. The van der Waals surface area contributed by atoms with E-state index in [-0.39, 0.29) is 15.6 Å². The molecule has 0 saturated heterocycles. The maximum absolute atomic E-state index is 12.9. The number of hydrogen-bond acceptors (Lipinski definition) is 4. The summed E-state index contributed by atoms with van der Waals surface area (Å²) in [6, 6.07) is 9.38. The van der Waals surface area contributed by atoms with Crippen molar-refractivity contribution in [1.29, 1.82) is 0 Å². The summed E-state index contributed by atoms with van der Waals surface area (Å²) in [6.45, 7) is 0. The van der Waals surface area contributed by atoms with Crippen molar-refractivity contribution in [3.63, 3.8) is 0 Å². The van der Waals surface area contributed by atoms with Crippen LogP contribution in [0.3, 0.4) is 0 Å². The van der Waals surface area contributed by atoms with Gasteiger partial charge in [-0.25, -0.2) is 17.7 Å². The molecule has 3 aromatic rings. The van der Waals surface area contributed by atoms with E-state index in [0.29, 0.717) is 16.1 Å². The van der Waals surface area contributed by atoms with Crippen LogP contribution in [-0.4, -0.2) is 31.4 Å². The summed E-state index contributed by atoms with van der Waals surface area (Å²) >= 11 is 7.32. The minimum atomic E-state index is -4.45. The number of hydrogen-bond donors (Lipinski definition) is 0. The number of thiazole rings is 1. The molecule has 3 rings (SSSR count). The molecule has 0 radical (unpaired) electrons. The average Bonchev–Trinajstić information content (AvgIpc) is 3.02. The Morgan fingerprint density at radius 1 is 1.13 bits per heavy atom. The largest absolute Gasteiger partial charge is 0.416 e. The van der Waals surface area contributed by atoms with Crippen LogP contribution in [0, 0.1) is 0 Å². The summed E-state index contributed by atoms with van der Waals surface area (Å²) < 4.78 is 66.5. The highest BCUT2D eigenvalue weighted by Crippen LogP contribution is 2.32. The third-order valence-corrected chi connectivity index (χ3v) is 7.52. The fourth-order valence-corrected chi connectivity index (χ4v) is 4.97. The van der Waals surface area contributed by atoms with Crippen molar-refractivity contribution in [2.45, 2.75) is 11.1 Å². The minimum absolute atomic E-state index is 0.0331. The highest BCUT2D eigenvalue weighted by molar-refractivity contribution is 7.89. The predicted molar refractivity (Wildman–Crippen MR) is 111 cm³/mol. The summed E-state index contributed by atoms with van der Waals surface area (Å²) in [6.07, 6.45) is -4.45. The lowest BCUT2D eigenvalue weighted by atomic mass is 10.2. The Kier molecular flexibility index (Phi) is 6.15. The van der Waals surface area contributed by atoms with E-state index in [1.165, 1.54) is 49.7 Å². The first-order chi connectivity index (χ1) is 13.9. The monoisotopic (exact) mass is 475 g/mol. The van der Waals surface area contributed by atoms with Gasteiger partial charge in [0.25, 0.3) is 0 Å². The second-order valence-electron chi connectivity index (χ2n) is 6.56. The molecule has 11 heteroatoms. The fourth-order valence-electron chi connectivity index (χ4n) is 2.65. The molecule has 0 fully saturated rings. The molecule has 160 valence electrons. The van der Waals surface area contributed by atoms with Crippen molar-refractivity contribution in [1.82, 2.24) is 8.87 Å². The topological polar surface area (TPSA) is 54.7 Å². The van der Waals surface area contributed by atoms with E-state index in [1.54, 1.807) is 23.1 Å². The predicted octanol–water partition coefficient (Wildman–Crippen LogP) is 4.91. The van der Waals surface area contributed by atoms with Crippen molar-refractivity contribution in [3.05, 3.63) is 63.2 Å². The first-order valence-electron chi connectivity index (χ1n) is 8.50. The van der Waals surface area contributed by atoms with Gasteiger partial charge in [-0.1, -0.05) is 23.7 Å². The Balaban J connectivity index is 2.08. The zero-order valence-corrected chi connectivity index (χ0v) is 18.5. The molecule has 0 amide bonds.